The first kappa shape index (κ1) is 15.8. The van der Waals surface area contributed by atoms with Crippen LogP contribution in [0.2, 0.25) is 0 Å². The molecule has 2 saturated heterocycles. The Morgan fingerprint density at radius 3 is 2.72 bits per heavy atom. The summed E-state index contributed by atoms with van der Waals surface area (Å²) in [5, 5.41) is 12.9. The van der Waals surface area contributed by atoms with Crippen LogP contribution in [-0.4, -0.2) is 52.7 Å². The fourth-order valence-electron chi connectivity index (χ4n) is 3.78. The molecule has 0 spiro atoms. The number of aliphatic hydroxyl groups excluding tert-OH is 1. The normalized spacial score (nSPS) is 24.8. The molecule has 3 heterocycles. The van der Waals surface area contributed by atoms with E-state index in [1.807, 2.05) is 29.2 Å². The van der Waals surface area contributed by atoms with Gasteiger partial charge in [0.05, 0.1) is 25.2 Å². The number of nitrogens with one attached hydrogen (secondary N) is 1. The Bertz CT molecular complexity index is 818. The molecule has 0 saturated carbocycles. The second-order valence-electron chi connectivity index (χ2n) is 6.39. The van der Waals surface area contributed by atoms with Crippen LogP contribution in [0, 0.1) is 11.8 Å². The summed E-state index contributed by atoms with van der Waals surface area (Å²) in [5.41, 5.74) is 2.96. The Hall–Kier alpha value is -2.68. The van der Waals surface area contributed by atoms with Gasteiger partial charge in [-0.25, -0.2) is 0 Å². The van der Waals surface area contributed by atoms with Crippen LogP contribution >= 0.6 is 0 Å². The molecule has 5 heteroatoms. The number of pyridine rings is 1. The first-order valence-electron chi connectivity index (χ1n) is 8.42. The summed E-state index contributed by atoms with van der Waals surface area (Å²) in [7, 11) is 0. The summed E-state index contributed by atoms with van der Waals surface area (Å²) in [6.07, 6.45) is 3.47. The summed E-state index contributed by atoms with van der Waals surface area (Å²) >= 11 is 0. The minimum Gasteiger partial charge on any atom is -0.394 e. The Morgan fingerprint density at radius 1 is 1.20 bits per heavy atom. The monoisotopic (exact) mass is 333 g/mol. The van der Waals surface area contributed by atoms with Crippen LogP contribution in [0.25, 0.3) is 0 Å². The van der Waals surface area contributed by atoms with Gasteiger partial charge in [0.15, 0.2) is 0 Å². The molecule has 2 aliphatic rings. The van der Waals surface area contributed by atoms with Crippen molar-refractivity contribution in [3.8, 4) is 11.8 Å². The lowest BCUT2D eigenvalue weighted by Crippen LogP contribution is -2.72. The standard InChI is InChI=1S/C20H19N3O2/c24-13-18-20(17-11-22-12-19(25)23(17)18)16-7-5-14(6-8-16)3-4-15-2-1-9-21-10-15/h1-2,5-10,17-18,20,22,24H,11-13H2/t17-,18+,20+/m1/s1. The van der Waals surface area contributed by atoms with Crippen molar-refractivity contribution < 1.29 is 9.90 Å². The molecule has 0 unspecified atom stereocenters. The van der Waals surface area contributed by atoms with E-state index in [-0.39, 0.29) is 30.5 Å². The summed E-state index contributed by atoms with van der Waals surface area (Å²) in [5.74, 6) is 6.47. The zero-order valence-electron chi connectivity index (χ0n) is 13.7. The molecule has 2 N–H and O–H groups in total. The molecule has 0 bridgehead atoms. The second kappa shape index (κ2) is 6.67. The number of aromatic nitrogens is 1. The maximum Gasteiger partial charge on any atom is 0.237 e. The molecule has 3 atom stereocenters. The van der Waals surface area contributed by atoms with Gasteiger partial charge in [-0.2, -0.15) is 0 Å². The van der Waals surface area contributed by atoms with Crippen LogP contribution in [0.15, 0.2) is 48.8 Å². The Balaban J connectivity index is 1.52. The molecule has 5 nitrogen and oxygen atoms in total. The van der Waals surface area contributed by atoms with E-state index in [0.717, 1.165) is 23.2 Å². The van der Waals surface area contributed by atoms with E-state index in [0.29, 0.717) is 6.54 Å². The number of hydrogen-bond acceptors (Lipinski definition) is 4. The maximum absolute atomic E-state index is 12.0. The van der Waals surface area contributed by atoms with E-state index < -0.39 is 0 Å². The van der Waals surface area contributed by atoms with Gasteiger partial charge in [-0.3, -0.25) is 9.78 Å². The predicted molar refractivity (Wildman–Crippen MR) is 93.8 cm³/mol. The van der Waals surface area contributed by atoms with Crippen LogP contribution < -0.4 is 5.32 Å². The van der Waals surface area contributed by atoms with Crippen molar-refractivity contribution in [2.75, 3.05) is 19.7 Å². The molecule has 1 aromatic carbocycles. The second-order valence-corrected chi connectivity index (χ2v) is 6.39. The van der Waals surface area contributed by atoms with Gasteiger partial charge in [0.25, 0.3) is 0 Å². The highest BCUT2D eigenvalue weighted by Crippen LogP contribution is 2.41. The van der Waals surface area contributed by atoms with Crippen molar-refractivity contribution >= 4 is 5.91 Å². The molecule has 2 aliphatic heterocycles. The predicted octanol–water partition coefficient (Wildman–Crippen LogP) is 0.740. The summed E-state index contributed by atoms with van der Waals surface area (Å²) in [6, 6.07) is 11.9. The summed E-state index contributed by atoms with van der Waals surface area (Å²) in [6.45, 7) is 1.13. The largest absolute Gasteiger partial charge is 0.394 e. The van der Waals surface area contributed by atoms with Crippen LogP contribution in [0.1, 0.15) is 22.6 Å². The van der Waals surface area contributed by atoms with E-state index in [1.54, 1.807) is 12.4 Å². The van der Waals surface area contributed by atoms with Crippen LogP contribution in [0.4, 0.5) is 0 Å². The van der Waals surface area contributed by atoms with Gasteiger partial charge in [-0.05, 0) is 29.8 Å². The minimum atomic E-state index is -0.119. The number of rotatable bonds is 2. The van der Waals surface area contributed by atoms with Gasteiger partial charge in [0.1, 0.15) is 0 Å². The lowest BCUT2D eigenvalue weighted by molar-refractivity contribution is -0.153. The number of aliphatic hydroxyl groups is 1. The molecule has 1 aromatic heterocycles. The zero-order chi connectivity index (χ0) is 17.2. The van der Waals surface area contributed by atoms with Crippen molar-refractivity contribution in [2.24, 2.45) is 0 Å². The van der Waals surface area contributed by atoms with E-state index in [9.17, 15) is 9.90 Å². The fraction of sp³-hybridized carbons (Fsp3) is 0.300. The Kier molecular flexibility index (Phi) is 4.22. The van der Waals surface area contributed by atoms with Crippen molar-refractivity contribution in [1.82, 2.24) is 15.2 Å². The van der Waals surface area contributed by atoms with Crippen molar-refractivity contribution in [3.05, 3.63) is 65.5 Å². The Labute approximate surface area is 146 Å². The lowest BCUT2D eigenvalue weighted by Gasteiger charge is -2.57. The smallest absolute Gasteiger partial charge is 0.237 e. The topological polar surface area (TPSA) is 65.5 Å². The van der Waals surface area contributed by atoms with Gasteiger partial charge >= 0.3 is 0 Å². The molecule has 2 fully saturated rings. The van der Waals surface area contributed by atoms with E-state index in [4.69, 9.17) is 0 Å². The van der Waals surface area contributed by atoms with Crippen LogP contribution in [0.3, 0.4) is 0 Å². The molecule has 4 rings (SSSR count). The van der Waals surface area contributed by atoms with Gasteiger partial charge in [-0.1, -0.05) is 24.0 Å². The minimum absolute atomic E-state index is 0.00449. The van der Waals surface area contributed by atoms with Crippen LogP contribution in [0.5, 0.6) is 0 Å². The first-order valence-corrected chi connectivity index (χ1v) is 8.42. The first-order chi connectivity index (χ1) is 12.3. The number of hydrogen-bond donors (Lipinski definition) is 2. The molecule has 1 amide bonds. The van der Waals surface area contributed by atoms with E-state index >= 15 is 0 Å². The van der Waals surface area contributed by atoms with E-state index in [2.05, 4.69) is 34.3 Å². The average Bonchev–Trinajstić information content (AvgIpc) is 2.64. The summed E-state index contributed by atoms with van der Waals surface area (Å²) < 4.78 is 0. The average molecular weight is 333 g/mol. The molecule has 126 valence electrons. The SMILES string of the molecule is O=C1CNC[C@@H]2[C@H](c3ccc(C#Cc4cccnc4)cc3)[C@H](CO)N12. The van der Waals surface area contributed by atoms with Gasteiger partial charge < -0.3 is 15.3 Å². The third-order valence-electron chi connectivity index (χ3n) is 4.96. The Morgan fingerprint density at radius 2 is 2.00 bits per heavy atom. The molecule has 0 radical (unpaired) electrons. The molecular formula is C20H19N3O2. The van der Waals surface area contributed by atoms with Gasteiger partial charge in [0, 0.05) is 36.0 Å². The number of piperazine rings is 1. The lowest BCUT2D eigenvalue weighted by atomic mass is 9.74. The van der Waals surface area contributed by atoms with Crippen molar-refractivity contribution in [1.29, 1.82) is 0 Å². The molecule has 0 aliphatic carbocycles. The molecular weight excluding hydrogens is 314 g/mol. The van der Waals surface area contributed by atoms with E-state index in [1.165, 1.54) is 0 Å². The molecule has 25 heavy (non-hydrogen) atoms. The van der Waals surface area contributed by atoms with Gasteiger partial charge in [-0.15, -0.1) is 0 Å². The highest BCUT2D eigenvalue weighted by atomic mass is 16.3. The number of carbonyl (C=O) groups is 1. The number of fused-ring (bicyclic) bond motifs is 1. The number of nitrogens with zero attached hydrogens (tertiary/aromatic N) is 2. The van der Waals surface area contributed by atoms with Crippen molar-refractivity contribution in [3.63, 3.8) is 0 Å². The number of carbonyl (C=O) groups excluding carboxylic acids is 1. The highest BCUT2D eigenvalue weighted by molar-refractivity contribution is 5.81. The number of benzene rings is 1. The fourth-order valence-corrected chi connectivity index (χ4v) is 3.78. The van der Waals surface area contributed by atoms with Gasteiger partial charge in [0.2, 0.25) is 5.91 Å². The zero-order valence-corrected chi connectivity index (χ0v) is 13.7. The molecule has 2 aromatic rings. The summed E-state index contributed by atoms with van der Waals surface area (Å²) in [4.78, 5) is 17.9. The quantitative estimate of drug-likeness (QED) is 0.796. The maximum atomic E-state index is 12.0. The van der Waals surface area contributed by atoms with Crippen LogP contribution in [-0.2, 0) is 4.79 Å². The number of amides is 1. The highest BCUT2D eigenvalue weighted by Gasteiger charge is 2.52. The van der Waals surface area contributed by atoms with Crippen molar-refractivity contribution in [2.45, 2.75) is 18.0 Å². The third-order valence-corrected chi connectivity index (χ3v) is 4.96. The third kappa shape index (κ3) is 2.91.